The minimum absolute atomic E-state index is 0.0471. The van der Waals surface area contributed by atoms with Crippen molar-refractivity contribution in [1.29, 1.82) is 0 Å². The second-order valence-electron chi connectivity index (χ2n) is 15.3. The summed E-state index contributed by atoms with van der Waals surface area (Å²) in [5.74, 6) is -0.579. The zero-order valence-electron chi connectivity index (χ0n) is 33.8. The van der Waals surface area contributed by atoms with Crippen LogP contribution in [0.5, 0.6) is 0 Å². The molecule has 0 aromatic heterocycles. The predicted molar refractivity (Wildman–Crippen MR) is 214 cm³/mol. The average molecular weight is 717 g/mol. The van der Waals surface area contributed by atoms with Crippen LogP contribution in [-0.2, 0) is 23.9 Å². The molecule has 2 unspecified atom stereocenters. The molecule has 1 aliphatic rings. The van der Waals surface area contributed by atoms with E-state index >= 15 is 0 Å². The van der Waals surface area contributed by atoms with Crippen LogP contribution in [0.4, 0.5) is 0 Å². The zero-order valence-corrected chi connectivity index (χ0v) is 33.8. The molecule has 1 heterocycles. The first-order chi connectivity index (χ1) is 24.9. The van der Waals surface area contributed by atoms with E-state index < -0.39 is 12.2 Å². The Bertz CT molecular complexity index is 855. The fourth-order valence-electron chi connectivity index (χ4n) is 6.68. The van der Waals surface area contributed by atoms with Crippen molar-refractivity contribution < 1.29 is 23.9 Å². The van der Waals surface area contributed by atoms with Crippen molar-refractivity contribution in [3.8, 4) is 0 Å². The molecule has 1 saturated heterocycles. The van der Waals surface area contributed by atoms with E-state index in [1.165, 1.54) is 116 Å². The third-order valence-electron chi connectivity index (χ3n) is 9.87. The Kier molecular flexibility index (Phi) is 30.9. The van der Waals surface area contributed by atoms with Crippen LogP contribution in [0.25, 0.3) is 0 Å². The molecular weight excluding hydrogens is 636 g/mol. The summed E-state index contributed by atoms with van der Waals surface area (Å²) in [5, 5.41) is 0. The van der Waals surface area contributed by atoms with E-state index in [0.29, 0.717) is 12.8 Å². The number of unbranched alkanes of at least 4 members (excludes halogenated alkanes) is 22. The number of carbonyl (C=O) groups is 3. The van der Waals surface area contributed by atoms with Crippen molar-refractivity contribution in [1.82, 2.24) is 9.80 Å². The summed E-state index contributed by atoms with van der Waals surface area (Å²) in [5.41, 5.74) is 0. The third kappa shape index (κ3) is 28.1. The van der Waals surface area contributed by atoms with Gasteiger partial charge >= 0.3 is 11.9 Å². The van der Waals surface area contributed by atoms with E-state index in [2.05, 4.69) is 38.2 Å². The van der Waals surface area contributed by atoms with Crippen molar-refractivity contribution in [3.05, 3.63) is 24.3 Å². The number of ether oxygens (including phenoxy) is 2. The van der Waals surface area contributed by atoms with Gasteiger partial charge in [0.2, 0.25) is 5.91 Å². The molecule has 51 heavy (non-hydrogen) atoms. The van der Waals surface area contributed by atoms with Gasteiger partial charge in [-0.05, 0) is 78.3 Å². The summed E-state index contributed by atoms with van der Waals surface area (Å²) in [6.45, 7) is 5.34. The van der Waals surface area contributed by atoms with Crippen molar-refractivity contribution in [2.45, 2.75) is 206 Å². The van der Waals surface area contributed by atoms with Crippen molar-refractivity contribution in [3.63, 3.8) is 0 Å². The lowest BCUT2D eigenvalue weighted by atomic mass is 10.1. The fourth-order valence-corrected chi connectivity index (χ4v) is 6.68. The summed E-state index contributed by atoms with van der Waals surface area (Å²) < 4.78 is 11.6. The number of hydrogen-bond acceptors (Lipinski definition) is 6. The van der Waals surface area contributed by atoms with Crippen LogP contribution in [0.2, 0.25) is 0 Å². The zero-order chi connectivity index (χ0) is 37.2. The van der Waals surface area contributed by atoms with Gasteiger partial charge in [0.15, 0.2) is 12.2 Å². The van der Waals surface area contributed by atoms with Gasteiger partial charge in [-0.25, -0.2) is 0 Å². The van der Waals surface area contributed by atoms with Crippen LogP contribution in [-0.4, -0.2) is 73.6 Å². The molecule has 0 spiro atoms. The molecule has 1 fully saturated rings. The number of rotatable bonds is 34. The number of carbonyl (C=O) groups excluding carboxylic acids is 3. The summed E-state index contributed by atoms with van der Waals surface area (Å²) in [6, 6.07) is 0. The van der Waals surface area contributed by atoms with Gasteiger partial charge in [-0.1, -0.05) is 141 Å². The number of likely N-dealkylation sites (N-methyl/N-ethyl adjacent to an activating group) is 1. The summed E-state index contributed by atoms with van der Waals surface area (Å²) in [4.78, 5) is 41.8. The Balaban J connectivity index is 2.24. The highest BCUT2D eigenvalue weighted by Gasteiger charge is 2.40. The van der Waals surface area contributed by atoms with Gasteiger partial charge in [0.25, 0.3) is 0 Å². The number of nitrogens with zero attached hydrogens (tertiary/aromatic N) is 2. The van der Waals surface area contributed by atoms with E-state index in [0.717, 1.165) is 51.4 Å². The molecule has 296 valence electrons. The second kappa shape index (κ2) is 33.7. The normalized spacial score (nSPS) is 16.2. The minimum Gasteiger partial charge on any atom is -0.456 e. The van der Waals surface area contributed by atoms with Gasteiger partial charge in [0, 0.05) is 12.8 Å². The van der Waals surface area contributed by atoms with Gasteiger partial charge < -0.3 is 19.3 Å². The van der Waals surface area contributed by atoms with Crippen LogP contribution >= 0.6 is 0 Å². The lowest BCUT2D eigenvalue weighted by Gasteiger charge is -2.19. The predicted octanol–water partition coefficient (Wildman–Crippen LogP) is 11.3. The molecule has 0 N–H and O–H groups in total. The van der Waals surface area contributed by atoms with E-state index in [1.54, 1.807) is 4.90 Å². The van der Waals surface area contributed by atoms with Gasteiger partial charge in [0.05, 0.1) is 19.6 Å². The molecule has 0 radical (unpaired) electrons. The molecule has 0 aromatic rings. The maximum atomic E-state index is 12.8. The molecule has 7 nitrogen and oxygen atoms in total. The van der Waals surface area contributed by atoms with Gasteiger partial charge in [-0.2, -0.15) is 0 Å². The third-order valence-corrected chi connectivity index (χ3v) is 9.87. The number of amides is 1. The van der Waals surface area contributed by atoms with Crippen LogP contribution in [0.3, 0.4) is 0 Å². The van der Waals surface area contributed by atoms with E-state index in [1.807, 2.05) is 19.0 Å². The van der Waals surface area contributed by atoms with Gasteiger partial charge in [-0.3, -0.25) is 14.4 Å². The van der Waals surface area contributed by atoms with Gasteiger partial charge in [0.1, 0.15) is 0 Å². The van der Waals surface area contributed by atoms with E-state index in [4.69, 9.17) is 9.47 Å². The maximum Gasteiger partial charge on any atom is 0.306 e. The maximum absolute atomic E-state index is 12.8. The Morgan fingerprint density at radius 2 is 0.824 bits per heavy atom. The number of esters is 2. The highest BCUT2D eigenvalue weighted by molar-refractivity contribution is 5.79. The molecule has 7 heteroatoms. The van der Waals surface area contributed by atoms with E-state index in [-0.39, 0.29) is 37.5 Å². The first-order valence-electron chi connectivity index (χ1n) is 21.5. The highest BCUT2D eigenvalue weighted by atomic mass is 16.6. The van der Waals surface area contributed by atoms with Crippen LogP contribution in [0.1, 0.15) is 194 Å². The molecule has 2 atom stereocenters. The Labute approximate surface area is 314 Å². The Morgan fingerprint density at radius 3 is 1.16 bits per heavy atom. The number of likely N-dealkylation sites (tertiary alicyclic amines) is 1. The first kappa shape index (κ1) is 46.9. The quantitative estimate of drug-likeness (QED) is 0.0375. The Hall–Kier alpha value is -2.15. The lowest BCUT2D eigenvalue weighted by Crippen LogP contribution is -2.37. The Morgan fingerprint density at radius 1 is 0.510 bits per heavy atom. The lowest BCUT2D eigenvalue weighted by molar-refractivity contribution is -0.164. The topological polar surface area (TPSA) is 76.2 Å². The van der Waals surface area contributed by atoms with Crippen molar-refractivity contribution in [2.75, 3.05) is 33.7 Å². The molecule has 1 rings (SSSR count). The fraction of sp³-hybridized carbons (Fsp3) is 0.841. The van der Waals surface area contributed by atoms with Crippen molar-refractivity contribution in [2.24, 2.45) is 0 Å². The molecule has 0 saturated carbocycles. The summed E-state index contributed by atoms with van der Waals surface area (Å²) >= 11 is 0. The van der Waals surface area contributed by atoms with Crippen LogP contribution in [0.15, 0.2) is 24.3 Å². The molecule has 1 aliphatic heterocycles. The number of allylic oxidation sites excluding steroid dienone is 4. The standard InChI is InChI=1S/C44H80N2O5/c1-5-7-9-11-13-15-17-19-21-23-25-27-29-31-33-35-43(48)50-40-37-46(42(47)39-45(3)4)38-41(40)51-44(49)36-34-32-30-28-26-24-22-20-18-16-14-12-10-8-6-2/h19-22,40-41H,5-18,23-39H2,1-4H3/b21-19-,22-20-. The SMILES string of the molecule is CCCCCCCC/C=C\CCCCCCCC(=O)OC1CN(C(=O)CN(C)C)CC1OC(=O)CCCCCCC/C=C\CCCCCCCC. The summed E-state index contributed by atoms with van der Waals surface area (Å²) in [6.07, 6.45) is 40.3. The van der Waals surface area contributed by atoms with Crippen LogP contribution in [0, 0.1) is 0 Å². The average Bonchev–Trinajstić information content (AvgIpc) is 3.49. The molecular formula is C44H80N2O5. The molecule has 0 aromatic carbocycles. The van der Waals surface area contributed by atoms with E-state index in [9.17, 15) is 14.4 Å². The molecule has 0 bridgehead atoms. The number of hydrogen-bond donors (Lipinski definition) is 0. The minimum atomic E-state index is -0.607. The molecule has 0 aliphatic carbocycles. The summed E-state index contributed by atoms with van der Waals surface area (Å²) in [7, 11) is 3.70. The molecule has 1 amide bonds. The van der Waals surface area contributed by atoms with Gasteiger partial charge in [-0.15, -0.1) is 0 Å². The largest absolute Gasteiger partial charge is 0.456 e. The monoisotopic (exact) mass is 717 g/mol. The smallest absolute Gasteiger partial charge is 0.306 e. The highest BCUT2D eigenvalue weighted by Crippen LogP contribution is 2.21. The first-order valence-corrected chi connectivity index (χ1v) is 21.5. The van der Waals surface area contributed by atoms with Crippen LogP contribution < -0.4 is 0 Å². The van der Waals surface area contributed by atoms with Crippen molar-refractivity contribution >= 4 is 17.8 Å². The second-order valence-corrected chi connectivity index (χ2v) is 15.3.